The molecule has 0 atom stereocenters. The number of hydrogen-bond acceptors (Lipinski definition) is 5. The summed E-state index contributed by atoms with van der Waals surface area (Å²) in [5, 5.41) is 11.9. The second-order valence-electron chi connectivity index (χ2n) is 5.87. The van der Waals surface area contributed by atoms with Gasteiger partial charge < -0.3 is 9.84 Å². The van der Waals surface area contributed by atoms with E-state index in [1.807, 2.05) is 19.1 Å². The lowest BCUT2D eigenvalue weighted by Gasteiger charge is -2.28. The SMILES string of the molecule is CCc1ccccc1N1C(=O)NC(=O)/C(=C\c2ccc(O)c(OC)c2)C1=O. The van der Waals surface area contributed by atoms with Crippen LogP contribution >= 0.6 is 0 Å². The van der Waals surface area contributed by atoms with Gasteiger partial charge in [0, 0.05) is 0 Å². The number of phenols is 1. The van der Waals surface area contributed by atoms with E-state index in [0.717, 1.165) is 10.5 Å². The van der Waals surface area contributed by atoms with Gasteiger partial charge in [0.05, 0.1) is 12.8 Å². The molecule has 1 fully saturated rings. The molecule has 2 aromatic rings. The van der Waals surface area contributed by atoms with Crippen LogP contribution in [0, 0.1) is 0 Å². The molecule has 0 radical (unpaired) electrons. The third-order valence-corrected chi connectivity index (χ3v) is 4.23. The maximum absolute atomic E-state index is 12.9. The van der Waals surface area contributed by atoms with Crippen molar-refractivity contribution in [3.05, 3.63) is 59.2 Å². The summed E-state index contributed by atoms with van der Waals surface area (Å²) in [6.07, 6.45) is 1.98. The van der Waals surface area contributed by atoms with E-state index in [1.165, 1.54) is 31.4 Å². The second kappa shape index (κ2) is 7.33. The van der Waals surface area contributed by atoms with Crippen LogP contribution in [0.1, 0.15) is 18.1 Å². The summed E-state index contributed by atoms with van der Waals surface area (Å²) >= 11 is 0. The molecule has 0 aliphatic carbocycles. The lowest BCUT2D eigenvalue weighted by Crippen LogP contribution is -2.54. The fourth-order valence-electron chi connectivity index (χ4n) is 2.85. The van der Waals surface area contributed by atoms with Crippen LogP contribution in [0.3, 0.4) is 0 Å². The third kappa shape index (κ3) is 3.39. The number of aryl methyl sites for hydroxylation is 1. The van der Waals surface area contributed by atoms with Crippen LogP contribution in [0.5, 0.6) is 11.5 Å². The lowest BCUT2D eigenvalue weighted by molar-refractivity contribution is -0.122. The number of carbonyl (C=O) groups is 3. The average Bonchev–Trinajstić information content (AvgIpc) is 2.66. The van der Waals surface area contributed by atoms with Crippen LogP contribution in [0.2, 0.25) is 0 Å². The zero-order valence-electron chi connectivity index (χ0n) is 14.9. The number of para-hydroxylation sites is 1. The number of ether oxygens (including phenoxy) is 1. The van der Waals surface area contributed by atoms with Gasteiger partial charge in [0.25, 0.3) is 11.8 Å². The van der Waals surface area contributed by atoms with Gasteiger partial charge in [-0.3, -0.25) is 14.9 Å². The Morgan fingerprint density at radius 1 is 1.15 bits per heavy atom. The summed E-state index contributed by atoms with van der Waals surface area (Å²) in [4.78, 5) is 38.5. The van der Waals surface area contributed by atoms with Crippen molar-refractivity contribution in [1.82, 2.24) is 5.32 Å². The number of hydrogen-bond donors (Lipinski definition) is 2. The highest BCUT2D eigenvalue weighted by atomic mass is 16.5. The molecule has 1 aliphatic heterocycles. The van der Waals surface area contributed by atoms with Crippen LogP contribution in [0.15, 0.2) is 48.0 Å². The molecule has 3 rings (SSSR count). The highest BCUT2D eigenvalue weighted by Crippen LogP contribution is 2.29. The summed E-state index contributed by atoms with van der Waals surface area (Å²) in [5.41, 5.74) is 1.53. The largest absolute Gasteiger partial charge is 0.504 e. The Kier molecular flexibility index (Phi) is 4.94. The number of anilines is 1. The molecule has 2 aromatic carbocycles. The predicted octanol–water partition coefficient (Wildman–Crippen LogP) is 2.63. The van der Waals surface area contributed by atoms with Gasteiger partial charge in [-0.05, 0) is 41.8 Å². The van der Waals surface area contributed by atoms with Gasteiger partial charge in [-0.1, -0.05) is 31.2 Å². The number of nitrogens with zero attached hydrogens (tertiary/aromatic N) is 1. The minimum absolute atomic E-state index is 0.0623. The average molecular weight is 366 g/mol. The van der Waals surface area contributed by atoms with Gasteiger partial charge in [-0.15, -0.1) is 0 Å². The lowest BCUT2D eigenvalue weighted by atomic mass is 10.0. The number of imide groups is 2. The van der Waals surface area contributed by atoms with E-state index < -0.39 is 17.8 Å². The van der Waals surface area contributed by atoms with E-state index in [2.05, 4.69) is 5.32 Å². The van der Waals surface area contributed by atoms with E-state index in [0.29, 0.717) is 17.7 Å². The van der Waals surface area contributed by atoms with E-state index in [9.17, 15) is 19.5 Å². The molecule has 1 saturated heterocycles. The van der Waals surface area contributed by atoms with Crippen molar-refractivity contribution in [3.8, 4) is 11.5 Å². The number of phenolic OH excluding ortho intramolecular Hbond substituents is 1. The molecule has 1 aliphatic rings. The van der Waals surface area contributed by atoms with E-state index in [1.54, 1.807) is 12.1 Å². The Hall–Kier alpha value is -3.61. The standard InChI is InChI=1S/C20H18N2O5/c1-3-13-6-4-5-7-15(13)22-19(25)14(18(24)21-20(22)26)10-12-8-9-16(23)17(11-12)27-2/h4-11,23H,3H2,1-2H3,(H,21,24,26)/b14-10+. The molecular weight excluding hydrogens is 348 g/mol. The Morgan fingerprint density at radius 2 is 1.89 bits per heavy atom. The molecule has 2 N–H and O–H groups in total. The number of benzene rings is 2. The minimum atomic E-state index is -0.786. The summed E-state index contributed by atoms with van der Waals surface area (Å²) in [6, 6.07) is 10.7. The molecule has 0 saturated carbocycles. The quantitative estimate of drug-likeness (QED) is 0.641. The predicted molar refractivity (Wildman–Crippen MR) is 99.5 cm³/mol. The molecule has 0 aromatic heterocycles. The summed E-state index contributed by atoms with van der Waals surface area (Å²) in [7, 11) is 1.40. The second-order valence-corrected chi connectivity index (χ2v) is 5.87. The molecule has 27 heavy (non-hydrogen) atoms. The monoisotopic (exact) mass is 366 g/mol. The highest BCUT2D eigenvalue weighted by Gasteiger charge is 2.37. The van der Waals surface area contributed by atoms with Crippen molar-refractivity contribution in [1.29, 1.82) is 0 Å². The van der Waals surface area contributed by atoms with Gasteiger partial charge in [0.15, 0.2) is 11.5 Å². The van der Waals surface area contributed by atoms with E-state index in [-0.39, 0.29) is 17.1 Å². The fraction of sp³-hybridized carbons (Fsp3) is 0.150. The number of aromatic hydroxyl groups is 1. The van der Waals surface area contributed by atoms with Gasteiger partial charge in [-0.2, -0.15) is 0 Å². The first-order valence-corrected chi connectivity index (χ1v) is 8.32. The molecule has 4 amide bonds. The molecule has 138 valence electrons. The Morgan fingerprint density at radius 3 is 2.59 bits per heavy atom. The Bertz CT molecular complexity index is 965. The van der Waals surface area contributed by atoms with Crippen molar-refractivity contribution in [2.45, 2.75) is 13.3 Å². The summed E-state index contributed by atoms with van der Waals surface area (Å²) in [5.74, 6) is -1.34. The van der Waals surface area contributed by atoms with Crippen LogP contribution in [-0.2, 0) is 16.0 Å². The summed E-state index contributed by atoms with van der Waals surface area (Å²) < 4.78 is 5.04. The maximum Gasteiger partial charge on any atom is 0.335 e. The van der Waals surface area contributed by atoms with Gasteiger partial charge in [0.2, 0.25) is 0 Å². The van der Waals surface area contributed by atoms with Crippen LogP contribution in [0.4, 0.5) is 10.5 Å². The maximum atomic E-state index is 12.9. The molecular formula is C20H18N2O5. The number of barbiturate groups is 1. The number of amides is 4. The fourth-order valence-corrected chi connectivity index (χ4v) is 2.85. The molecule has 7 heteroatoms. The third-order valence-electron chi connectivity index (χ3n) is 4.23. The first kappa shape index (κ1) is 18.2. The molecule has 0 bridgehead atoms. The van der Waals surface area contributed by atoms with Crippen LogP contribution < -0.4 is 15.0 Å². The molecule has 7 nitrogen and oxygen atoms in total. The van der Waals surface area contributed by atoms with Crippen molar-refractivity contribution in [3.63, 3.8) is 0 Å². The Balaban J connectivity index is 2.05. The number of urea groups is 1. The zero-order chi connectivity index (χ0) is 19.6. The molecule has 1 heterocycles. The zero-order valence-corrected chi connectivity index (χ0v) is 14.9. The normalized spacial score (nSPS) is 15.9. The molecule has 0 spiro atoms. The van der Waals surface area contributed by atoms with Crippen molar-refractivity contribution in [2.75, 3.05) is 12.0 Å². The summed E-state index contributed by atoms with van der Waals surface area (Å²) in [6.45, 7) is 1.91. The molecule has 0 unspecified atom stereocenters. The van der Waals surface area contributed by atoms with Crippen molar-refractivity contribution < 1.29 is 24.2 Å². The van der Waals surface area contributed by atoms with Crippen molar-refractivity contribution >= 4 is 29.6 Å². The first-order valence-electron chi connectivity index (χ1n) is 8.32. The smallest absolute Gasteiger partial charge is 0.335 e. The van der Waals surface area contributed by atoms with Gasteiger partial charge in [-0.25, -0.2) is 9.69 Å². The number of methoxy groups -OCH3 is 1. The minimum Gasteiger partial charge on any atom is -0.504 e. The highest BCUT2D eigenvalue weighted by molar-refractivity contribution is 6.39. The number of nitrogens with one attached hydrogen (secondary N) is 1. The number of carbonyl (C=O) groups excluding carboxylic acids is 3. The number of rotatable bonds is 4. The van der Waals surface area contributed by atoms with Crippen LogP contribution in [0.25, 0.3) is 6.08 Å². The van der Waals surface area contributed by atoms with E-state index in [4.69, 9.17) is 4.74 Å². The van der Waals surface area contributed by atoms with Gasteiger partial charge in [0.1, 0.15) is 5.57 Å². The van der Waals surface area contributed by atoms with Crippen molar-refractivity contribution in [2.24, 2.45) is 0 Å². The first-order chi connectivity index (χ1) is 13.0. The topological polar surface area (TPSA) is 95.9 Å². The van der Waals surface area contributed by atoms with E-state index >= 15 is 0 Å². The van der Waals surface area contributed by atoms with Gasteiger partial charge >= 0.3 is 6.03 Å². The van der Waals surface area contributed by atoms with Crippen LogP contribution in [-0.4, -0.2) is 30.1 Å². The Labute approximate surface area is 155 Å².